The lowest BCUT2D eigenvalue weighted by Gasteiger charge is -2.02. The number of methoxy groups -OCH3 is 1. The molecule has 0 saturated carbocycles. The normalized spacial score (nSPS) is 10.1. The summed E-state index contributed by atoms with van der Waals surface area (Å²) in [4.78, 5) is 27.1. The van der Waals surface area contributed by atoms with Gasteiger partial charge in [0.2, 0.25) is 11.6 Å². The Morgan fingerprint density at radius 1 is 1.50 bits per heavy atom. The molecule has 7 heteroatoms. The van der Waals surface area contributed by atoms with Gasteiger partial charge in [-0.05, 0) is 6.07 Å². The summed E-state index contributed by atoms with van der Waals surface area (Å²) in [7, 11) is 2.97. The maximum Gasteiger partial charge on any atom is 0.344 e. The molecule has 2 aromatic rings. The molecule has 0 bridgehead atoms. The van der Waals surface area contributed by atoms with Crippen LogP contribution in [0, 0.1) is 0 Å². The molecule has 0 atom stereocenters. The molecular weight excluding hydrogens is 238 g/mol. The highest BCUT2D eigenvalue weighted by molar-refractivity contribution is 5.91. The maximum absolute atomic E-state index is 11.8. The third kappa shape index (κ3) is 2.24. The molecule has 0 aromatic carbocycles. The van der Waals surface area contributed by atoms with E-state index in [4.69, 9.17) is 9.47 Å². The summed E-state index contributed by atoms with van der Waals surface area (Å²) in [5, 5.41) is 2.61. The van der Waals surface area contributed by atoms with Crippen LogP contribution in [0.25, 0.3) is 0 Å². The van der Waals surface area contributed by atoms with Crippen molar-refractivity contribution in [1.82, 2.24) is 14.8 Å². The summed E-state index contributed by atoms with van der Waals surface area (Å²) in [6.45, 7) is 0. The van der Waals surface area contributed by atoms with Crippen molar-refractivity contribution in [2.24, 2.45) is 7.05 Å². The van der Waals surface area contributed by atoms with Gasteiger partial charge in [-0.2, -0.15) is 0 Å². The van der Waals surface area contributed by atoms with Gasteiger partial charge < -0.3 is 9.47 Å². The summed E-state index contributed by atoms with van der Waals surface area (Å²) >= 11 is 0. The molecule has 0 spiro atoms. The Hall–Kier alpha value is -2.57. The fraction of sp³-hybridized carbons (Fsp3) is 0.182. The van der Waals surface area contributed by atoms with Crippen molar-refractivity contribution in [2.45, 2.75) is 0 Å². The summed E-state index contributed by atoms with van der Waals surface area (Å²) in [6.07, 6.45) is 2.74. The second-order valence-corrected chi connectivity index (χ2v) is 3.48. The Balaban J connectivity index is 2.22. The predicted octanol–water partition coefficient (Wildman–Crippen LogP) is 0.336. The number of nitrogens with one attached hydrogen (secondary N) is 1. The largest absolute Gasteiger partial charge is 0.481 e. The van der Waals surface area contributed by atoms with E-state index in [-0.39, 0.29) is 11.3 Å². The number of aryl methyl sites for hydroxylation is 1. The van der Waals surface area contributed by atoms with Crippen molar-refractivity contribution >= 4 is 5.97 Å². The van der Waals surface area contributed by atoms with Gasteiger partial charge in [-0.15, -0.1) is 0 Å². The topological polar surface area (TPSA) is 86.2 Å². The molecule has 0 unspecified atom stereocenters. The van der Waals surface area contributed by atoms with Crippen molar-refractivity contribution in [3.05, 3.63) is 40.4 Å². The summed E-state index contributed by atoms with van der Waals surface area (Å²) in [6, 6.07) is 2.90. The number of hydrogen-bond donors (Lipinski definition) is 1. The van der Waals surface area contributed by atoms with Gasteiger partial charge in [0.15, 0.2) is 0 Å². The minimum absolute atomic E-state index is 0.0571. The number of aromatic amines is 1. The van der Waals surface area contributed by atoms with E-state index < -0.39 is 11.5 Å². The Labute approximate surface area is 102 Å². The van der Waals surface area contributed by atoms with Crippen molar-refractivity contribution in [3.63, 3.8) is 0 Å². The molecule has 0 radical (unpaired) electrons. The summed E-state index contributed by atoms with van der Waals surface area (Å²) in [5.74, 6) is -0.405. The second-order valence-electron chi connectivity index (χ2n) is 3.48. The quantitative estimate of drug-likeness (QED) is 0.792. The van der Waals surface area contributed by atoms with Gasteiger partial charge in [-0.1, -0.05) is 0 Å². The third-order valence-corrected chi connectivity index (χ3v) is 2.29. The molecule has 7 nitrogen and oxygen atoms in total. The Morgan fingerprint density at radius 3 is 2.89 bits per heavy atom. The van der Waals surface area contributed by atoms with Crippen LogP contribution in [0.15, 0.2) is 29.3 Å². The Bertz CT molecular complexity index is 629. The van der Waals surface area contributed by atoms with E-state index in [1.54, 1.807) is 0 Å². The van der Waals surface area contributed by atoms with Crippen LogP contribution in [0.4, 0.5) is 0 Å². The number of H-pyrrole nitrogens is 1. The number of rotatable bonds is 3. The molecular formula is C11H11N3O4. The van der Waals surface area contributed by atoms with Crippen LogP contribution in [0.3, 0.4) is 0 Å². The molecule has 18 heavy (non-hydrogen) atoms. The van der Waals surface area contributed by atoms with E-state index in [1.807, 2.05) is 0 Å². The van der Waals surface area contributed by atoms with E-state index in [1.165, 1.54) is 43.4 Å². The highest BCUT2D eigenvalue weighted by Crippen LogP contribution is 2.11. The van der Waals surface area contributed by atoms with Gasteiger partial charge in [0, 0.05) is 19.3 Å². The smallest absolute Gasteiger partial charge is 0.344 e. The number of nitrogens with zero attached hydrogens (tertiary/aromatic N) is 2. The number of ether oxygens (including phenoxy) is 2. The van der Waals surface area contributed by atoms with E-state index in [0.717, 1.165) is 0 Å². The Morgan fingerprint density at radius 2 is 2.28 bits per heavy atom. The predicted molar refractivity (Wildman–Crippen MR) is 61.8 cm³/mol. The molecule has 0 fully saturated rings. The third-order valence-electron chi connectivity index (χ3n) is 2.29. The van der Waals surface area contributed by atoms with Gasteiger partial charge in [0.25, 0.3) is 0 Å². The maximum atomic E-state index is 11.8. The first-order valence-electron chi connectivity index (χ1n) is 5.08. The molecule has 0 aliphatic rings. The lowest BCUT2D eigenvalue weighted by atomic mass is 10.3. The van der Waals surface area contributed by atoms with Gasteiger partial charge in [-0.3, -0.25) is 14.6 Å². The van der Waals surface area contributed by atoms with Crippen LogP contribution in [0.1, 0.15) is 10.4 Å². The van der Waals surface area contributed by atoms with E-state index in [0.29, 0.717) is 5.88 Å². The molecule has 0 aliphatic heterocycles. The number of carbonyl (C=O) groups excluding carboxylic acids is 1. The molecule has 1 N–H and O–H groups in total. The first-order valence-corrected chi connectivity index (χ1v) is 5.08. The van der Waals surface area contributed by atoms with Crippen molar-refractivity contribution in [2.75, 3.05) is 7.11 Å². The number of carbonyl (C=O) groups is 1. The first kappa shape index (κ1) is 11.9. The van der Waals surface area contributed by atoms with E-state index >= 15 is 0 Å². The molecule has 94 valence electrons. The van der Waals surface area contributed by atoms with Crippen LogP contribution < -0.4 is 15.0 Å². The zero-order valence-corrected chi connectivity index (χ0v) is 9.84. The number of esters is 1. The lowest BCUT2D eigenvalue weighted by molar-refractivity contribution is 0.0732. The zero-order chi connectivity index (χ0) is 13.1. The van der Waals surface area contributed by atoms with Gasteiger partial charge in [-0.25, -0.2) is 9.78 Å². The SMILES string of the molecule is COc1cc(C(=O)Oc2c[nH]n(C)c2=O)ccn1. The standard InChI is InChI=1S/C11H11N3O4/c1-14-10(15)8(6-13-14)18-11(16)7-3-4-12-9(5-7)17-2/h3-6,13H,1-2H3. The van der Waals surface area contributed by atoms with Crippen LogP contribution in [-0.4, -0.2) is 27.8 Å². The van der Waals surface area contributed by atoms with Gasteiger partial charge in [0.1, 0.15) is 0 Å². The highest BCUT2D eigenvalue weighted by atomic mass is 16.5. The minimum atomic E-state index is -0.646. The number of hydrogen-bond acceptors (Lipinski definition) is 5. The Kier molecular flexibility index (Phi) is 3.13. The molecule has 0 amide bonds. The van der Waals surface area contributed by atoms with Crippen LogP contribution in [0.5, 0.6) is 11.6 Å². The van der Waals surface area contributed by atoms with Crippen LogP contribution in [-0.2, 0) is 7.05 Å². The van der Waals surface area contributed by atoms with Crippen molar-refractivity contribution in [1.29, 1.82) is 0 Å². The van der Waals surface area contributed by atoms with Gasteiger partial charge in [0.05, 0.1) is 18.9 Å². The number of aromatic nitrogens is 3. The lowest BCUT2D eigenvalue weighted by Crippen LogP contribution is -2.17. The number of pyridine rings is 1. The van der Waals surface area contributed by atoms with Crippen LogP contribution in [0.2, 0.25) is 0 Å². The first-order chi connectivity index (χ1) is 8.61. The highest BCUT2D eigenvalue weighted by Gasteiger charge is 2.13. The average molecular weight is 249 g/mol. The molecule has 2 rings (SSSR count). The van der Waals surface area contributed by atoms with Gasteiger partial charge >= 0.3 is 11.5 Å². The molecule has 0 aliphatic carbocycles. The van der Waals surface area contributed by atoms with E-state index in [2.05, 4.69) is 10.1 Å². The fourth-order valence-electron chi connectivity index (χ4n) is 1.32. The second kappa shape index (κ2) is 4.74. The van der Waals surface area contributed by atoms with Crippen LogP contribution >= 0.6 is 0 Å². The monoisotopic (exact) mass is 249 g/mol. The summed E-state index contributed by atoms with van der Waals surface area (Å²) < 4.78 is 11.1. The molecule has 2 aromatic heterocycles. The minimum Gasteiger partial charge on any atom is -0.481 e. The fourth-order valence-corrected chi connectivity index (χ4v) is 1.32. The summed E-state index contributed by atoms with van der Waals surface area (Å²) in [5.41, 5.74) is -0.158. The molecule has 0 saturated heterocycles. The van der Waals surface area contributed by atoms with Crippen molar-refractivity contribution < 1.29 is 14.3 Å². The zero-order valence-electron chi connectivity index (χ0n) is 9.84. The average Bonchev–Trinajstić information content (AvgIpc) is 2.71. The molecule has 2 heterocycles. The van der Waals surface area contributed by atoms with Crippen molar-refractivity contribution in [3.8, 4) is 11.6 Å². The van der Waals surface area contributed by atoms with E-state index in [9.17, 15) is 9.59 Å².